The molecule has 0 aliphatic carbocycles. The smallest absolute Gasteiger partial charge is 0.397 e. The van der Waals surface area contributed by atoms with E-state index in [1.165, 1.54) is 103 Å². The van der Waals surface area contributed by atoms with Gasteiger partial charge in [-0.3, -0.25) is 9.35 Å². The first-order chi connectivity index (χ1) is 25.1. The van der Waals surface area contributed by atoms with Crippen LogP contribution in [-0.4, -0.2) is 97.5 Å². The zero-order valence-corrected chi connectivity index (χ0v) is 33.2. The lowest BCUT2D eigenvalue weighted by molar-refractivity contribution is -0.301. The minimum absolute atomic E-state index is 0.0377. The van der Waals surface area contributed by atoms with Gasteiger partial charge in [0.1, 0.15) is 30.5 Å². The maximum atomic E-state index is 12.7. The summed E-state index contributed by atoms with van der Waals surface area (Å²) in [5.74, 6) is -0.406. The van der Waals surface area contributed by atoms with Crippen LogP contribution in [0, 0.1) is 0 Å². The van der Waals surface area contributed by atoms with Crippen molar-refractivity contribution >= 4 is 16.4 Å². The van der Waals surface area contributed by atoms with Crippen LogP contribution in [0.25, 0.3) is 0 Å². The summed E-state index contributed by atoms with van der Waals surface area (Å²) in [4.78, 5) is 12.7. The summed E-state index contributed by atoms with van der Waals surface area (Å²) in [6.45, 7) is 3.92. The molecule has 1 saturated heterocycles. The first-order valence-electron chi connectivity index (χ1n) is 20.4. The molecule has 0 aromatic carbocycles. The van der Waals surface area contributed by atoms with Gasteiger partial charge in [0.05, 0.1) is 19.8 Å². The average Bonchev–Trinajstić information content (AvgIpc) is 3.11. The molecule has 1 rings (SSSR count). The van der Waals surface area contributed by atoms with Gasteiger partial charge in [0.25, 0.3) is 0 Å². The van der Waals surface area contributed by atoms with E-state index in [-0.39, 0.29) is 19.6 Å². The van der Waals surface area contributed by atoms with Crippen molar-refractivity contribution in [2.75, 3.05) is 26.4 Å². The third-order valence-electron chi connectivity index (χ3n) is 9.39. The Morgan fingerprint density at radius 1 is 0.712 bits per heavy atom. The molecule has 0 amide bonds. The van der Waals surface area contributed by atoms with E-state index < -0.39 is 59.8 Å². The number of aliphatic hydroxyl groups is 3. The number of hydrogen-bond donors (Lipinski definition) is 4. The number of aliphatic hydroxyl groups excluding tert-OH is 3. The lowest BCUT2D eigenvalue weighted by Crippen LogP contribution is -2.60. The van der Waals surface area contributed by atoms with Crippen molar-refractivity contribution in [3.8, 4) is 0 Å². The molecule has 1 aliphatic rings. The largest absolute Gasteiger partial charge is 0.457 e. The molecule has 12 nitrogen and oxygen atoms in total. The first kappa shape index (κ1) is 48.9. The molecule has 1 aliphatic heterocycles. The molecule has 308 valence electrons. The molecule has 52 heavy (non-hydrogen) atoms. The quantitative estimate of drug-likeness (QED) is 0.0216. The number of esters is 1. The van der Waals surface area contributed by atoms with Gasteiger partial charge in [0, 0.05) is 13.0 Å². The lowest BCUT2D eigenvalue weighted by atomic mass is 9.99. The third-order valence-corrected chi connectivity index (χ3v) is 9.85. The van der Waals surface area contributed by atoms with Gasteiger partial charge in [-0.2, -0.15) is 8.42 Å². The molecule has 6 unspecified atom stereocenters. The normalized spacial score (nSPS) is 21.5. The fourth-order valence-corrected chi connectivity index (χ4v) is 6.76. The van der Waals surface area contributed by atoms with Gasteiger partial charge in [0.2, 0.25) is 0 Å². The van der Waals surface area contributed by atoms with E-state index in [0.717, 1.165) is 38.5 Å². The van der Waals surface area contributed by atoms with E-state index in [4.69, 9.17) is 23.5 Å². The van der Waals surface area contributed by atoms with Gasteiger partial charge in [0.15, 0.2) is 6.29 Å². The van der Waals surface area contributed by atoms with Gasteiger partial charge in [-0.1, -0.05) is 135 Å². The molecule has 0 spiro atoms. The molecular formula is C39H74O12S. The van der Waals surface area contributed by atoms with Crippen LogP contribution in [0.15, 0.2) is 12.2 Å². The topological polar surface area (TPSA) is 178 Å². The molecule has 13 heteroatoms. The van der Waals surface area contributed by atoms with Crippen LogP contribution in [0.2, 0.25) is 0 Å². The van der Waals surface area contributed by atoms with Gasteiger partial charge in [-0.15, -0.1) is 0 Å². The second-order valence-corrected chi connectivity index (χ2v) is 15.3. The number of hydrogen-bond acceptors (Lipinski definition) is 11. The fraction of sp³-hybridized carbons (Fsp3) is 0.923. The predicted molar refractivity (Wildman–Crippen MR) is 202 cm³/mol. The van der Waals surface area contributed by atoms with Crippen LogP contribution < -0.4 is 0 Å². The van der Waals surface area contributed by atoms with Crippen LogP contribution >= 0.6 is 0 Å². The maximum Gasteiger partial charge on any atom is 0.397 e. The van der Waals surface area contributed by atoms with E-state index in [1.807, 2.05) is 0 Å². The Bertz CT molecular complexity index is 978. The van der Waals surface area contributed by atoms with Crippen molar-refractivity contribution in [1.82, 2.24) is 0 Å². The third kappa shape index (κ3) is 25.8. The van der Waals surface area contributed by atoms with Crippen LogP contribution in [0.4, 0.5) is 0 Å². The first-order valence-corrected chi connectivity index (χ1v) is 21.8. The summed E-state index contributed by atoms with van der Waals surface area (Å²) >= 11 is 0. The highest BCUT2D eigenvalue weighted by atomic mass is 32.3. The summed E-state index contributed by atoms with van der Waals surface area (Å²) in [7, 11) is -5.05. The number of rotatable bonds is 35. The maximum absolute atomic E-state index is 12.7. The van der Waals surface area contributed by atoms with Gasteiger partial charge in [-0.25, -0.2) is 4.18 Å². The van der Waals surface area contributed by atoms with Crippen LogP contribution in [0.5, 0.6) is 0 Å². The second-order valence-electron chi connectivity index (χ2n) is 14.2. The minimum atomic E-state index is -5.05. The van der Waals surface area contributed by atoms with Crippen LogP contribution in [-0.2, 0) is 38.3 Å². The Morgan fingerprint density at radius 3 is 1.73 bits per heavy atom. The molecule has 0 saturated carbocycles. The van der Waals surface area contributed by atoms with Crippen molar-refractivity contribution < 1.29 is 56.2 Å². The number of ether oxygens (including phenoxy) is 4. The number of carbonyl (C=O) groups excluding carboxylic acids is 1. The molecule has 0 aromatic rings. The number of allylic oxidation sites excluding steroid dienone is 2. The highest BCUT2D eigenvalue weighted by Crippen LogP contribution is 2.26. The number of unbranched alkanes of at least 4 members (excludes halogenated alkanes) is 20. The van der Waals surface area contributed by atoms with E-state index >= 15 is 0 Å². The number of carbonyl (C=O) groups is 1. The van der Waals surface area contributed by atoms with E-state index in [9.17, 15) is 28.5 Å². The fourth-order valence-electron chi connectivity index (χ4n) is 6.25. The van der Waals surface area contributed by atoms with Gasteiger partial charge in [-0.05, 0) is 38.5 Å². The van der Waals surface area contributed by atoms with Crippen molar-refractivity contribution in [1.29, 1.82) is 0 Å². The van der Waals surface area contributed by atoms with E-state index in [1.54, 1.807) is 0 Å². The summed E-state index contributed by atoms with van der Waals surface area (Å²) in [6, 6.07) is 0. The lowest BCUT2D eigenvalue weighted by Gasteiger charge is -2.41. The Hall–Kier alpha value is -1.16. The molecule has 0 bridgehead atoms. The second kappa shape index (κ2) is 32.1. The highest BCUT2D eigenvalue weighted by molar-refractivity contribution is 7.80. The predicted octanol–water partition coefficient (Wildman–Crippen LogP) is 7.52. The van der Waals surface area contributed by atoms with Crippen molar-refractivity contribution in [3.63, 3.8) is 0 Å². The minimum Gasteiger partial charge on any atom is -0.457 e. The van der Waals surface area contributed by atoms with Crippen molar-refractivity contribution in [2.24, 2.45) is 0 Å². The highest BCUT2D eigenvalue weighted by Gasteiger charge is 2.48. The zero-order valence-electron chi connectivity index (χ0n) is 32.4. The zero-order chi connectivity index (χ0) is 38.3. The molecule has 4 N–H and O–H groups in total. The van der Waals surface area contributed by atoms with E-state index in [0.29, 0.717) is 13.0 Å². The molecule has 0 aromatic heterocycles. The molecule has 0 radical (unpaired) electrons. The molecule has 6 atom stereocenters. The summed E-state index contributed by atoms with van der Waals surface area (Å²) in [5, 5.41) is 30.5. The standard InChI is InChI=1S/C39H74O12S/c1-3-5-7-9-11-12-13-14-15-16-17-18-19-20-21-23-25-27-29-47-31-33(49-35(41)28-26-24-22-10-8-6-4-2)32-48-39-37(43)38(51-52(44,45)46)36(42)34(30-40)50-39/h14-15,33-34,36-40,42-43H,3-13,16-32H2,1-2H3,(H,44,45,46)/b15-14-. The molecular weight excluding hydrogens is 692 g/mol. The van der Waals surface area contributed by atoms with Gasteiger partial charge < -0.3 is 34.3 Å². The summed E-state index contributed by atoms with van der Waals surface area (Å²) in [6.07, 6.45) is 22.8. The van der Waals surface area contributed by atoms with Crippen molar-refractivity contribution in [3.05, 3.63) is 12.2 Å². The summed E-state index contributed by atoms with van der Waals surface area (Å²) in [5.41, 5.74) is 0. The average molecular weight is 767 g/mol. The van der Waals surface area contributed by atoms with Crippen LogP contribution in [0.1, 0.15) is 168 Å². The molecule has 1 heterocycles. The Kier molecular flexibility index (Phi) is 30.2. The van der Waals surface area contributed by atoms with Crippen molar-refractivity contribution in [2.45, 2.75) is 205 Å². The Labute approximate surface area is 315 Å². The summed E-state index contributed by atoms with van der Waals surface area (Å²) < 4.78 is 58.7. The Balaban J connectivity index is 2.39. The Morgan fingerprint density at radius 2 is 1.21 bits per heavy atom. The van der Waals surface area contributed by atoms with Gasteiger partial charge >= 0.3 is 16.4 Å². The SMILES string of the molecule is CCCCCCCC/C=C\CCCCCCCCCCOCC(COC1OC(CO)C(O)C(OS(=O)(=O)O)C1O)OC(=O)CCCCCCCCC. The molecule has 1 fully saturated rings. The monoisotopic (exact) mass is 766 g/mol. The van der Waals surface area contributed by atoms with Crippen LogP contribution in [0.3, 0.4) is 0 Å². The van der Waals surface area contributed by atoms with E-state index in [2.05, 4.69) is 30.2 Å².